The van der Waals surface area contributed by atoms with E-state index in [1.807, 2.05) is 35.2 Å². The molecule has 2 heterocycles. The lowest BCUT2D eigenvalue weighted by atomic mass is 10.1. The van der Waals surface area contributed by atoms with Crippen LogP contribution in [0, 0.1) is 6.92 Å². The second-order valence-corrected chi connectivity index (χ2v) is 6.91. The van der Waals surface area contributed by atoms with E-state index >= 15 is 0 Å². The largest absolute Gasteiger partial charge is 0.437 e. The summed E-state index contributed by atoms with van der Waals surface area (Å²) in [7, 11) is 0. The number of piperazine rings is 1. The molecule has 138 valence electrons. The van der Waals surface area contributed by atoms with E-state index in [0.29, 0.717) is 25.3 Å². The quantitative estimate of drug-likeness (QED) is 0.713. The zero-order chi connectivity index (χ0) is 18.6. The van der Waals surface area contributed by atoms with Gasteiger partial charge in [0.25, 0.3) is 5.89 Å². The molecule has 0 radical (unpaired) electrons. The summed E-state index contributed by atoms with van der Waals surface area (Å²) in [5, 5.41) is 0. The number of carbonyl (C=O) groups is 1. The molecule has 27 heavy (non-hydrogen) atoms. The second-order valence-electron chi connectivity index (χ2n) is 6.91. The summed E-state index contributed by atoms with van der Waals surface area (Å²) < 4.78 is 5.71. The molecule has 1 amide bonds. The number of rotatable bonds is 4. The van der Waals surface area contributed by atoms with Crippen LogP contribution in [0.25, 0.3) is 0 Å². The summed E-state index contributed by atoms with van der Waals surface area (Å²) in [6, 6.07) is 18.5. The first kappa shape index (κ1) is 17.3. The summed E-state index contributed by atoms with van der Waals surface area (Å²) >= 11 is 0. The highest BCUT2D eigenvalue weighted by Crippen LogP contribution is 2.18. The first-order valence-corrected chi connectivity index (χ1v) is 9.28. The molecule has 1 saturated heterocycles. The molecule has 1 aliphatic heterocycles. The van der Waals surface area contributed by atoms with E-state index in [-0.39, 0.29) is 11.8 Å². The minimum absolute atomic E-state index is 0.127. The molecule has 0 unspecified atom stereocenters. The Morgan fingerprint density at radius 1 is 1.00 bits per heavy atom. The van der Waals surface area contributed by atoms with Crippen LogP contribution in [-0.4, -0.2) is 42.0 Å². The summed E-state index contributed by atoms with van der Waals surface area (Å²) in [6.07, 6.45) is 2.30. The van der Waals surface area contributed by atoms with Crippen LogP contribution in [0.5, 0.6) is 0 Å². The van der Waals surface area contributed by atoms with Gasteiger partial charge in [-0.25, -0.2) is 4.98 Å². The van der Waals surface area contributed by atoms with Gasteiger partial charge in [-0.1, -0.05) is 48.0 Å². The highest BCUT2D eigenvalue weighted by molar-refractivity contribution is 5.89. The van der Waals surface area contributed by atoms with Crippen LogP contribution >= 0.6 is 0 Å². The average Bonchev–Trinajstić information content (AvgIpc) is 3.17. The number of benzene rings is 2. The fourth-order valence-electron chi connectivity index (χ4n) is 3.34. The Kier molecular flexibility index (Phi) is 4.92. The Labute approximate surface area is 159 Å². The first-order chi connectivity index (χ1) is 13.2. The van der Waals surface area contributed by atoms with Gasteiger partial charge in [0.2, 0.25) is 0 Å². The molecule has 1 aliphatic rings. The van der Waals surface area contributed by atoms with Gasteiger partial charge in [0.15, 0.2) is 0 Å². The zero-order valence-corrected chi connectivity index (χ0v) is 15.5. The number of carbonyl (C=O) groups excluding carboxylic acids is 1. The highest BCUT2D eigenvalue weighted by Gasteiger charge is 2.25. The number of oxazole rings is 1. The van der Waals surface area contributed by atoms with E-state index in [2.05, 4.69) is 41.1 Å². The lowest BCUT2D eigenvalue weighted by molar-refractivity contribution is 0.0705. The zero-order valence-electron chi connectivity index (χ0n) is 15.5. The number of aryl methyl sites for hydroxylation is 1. The minimum Gasteiger partial charge on any atom is -0.437 e. The smallest absolute Gasteiger partial charge is 0.309 e. The van der Waals surface area contributed by atoms with E-state index in [4.69, 9.17) is 4.42 Å². The van der Waals surface area contributed by atoms with Gasteiger partial charge < -0.3 is 14.2 Å². The summed E-state index contributed by atoms with van der Waals surface area (Å²) in [4.78, 5) is 21.0. The van der Waals surface area contributed by atoms with E-state index < -0.39 is 0 Å². The van der Waals surface area contributed by atoms with Gasteiger partial charge in [-0.05, 0) is 24.6 Å². The van der Waals surface area contributed by atoms with Crippen LogP contribution in [0.4, 0.5) is 5.69 Å². The molecule has 0 aliphatic carbocycles. The molecule has 0 N–H and O–H groups in total. The molecular formula is C22H23N3O2. The third kappa shape index (κ3) is 4.03. The molecule has 0 atom stereocenters. The first-order valence-electron chi connectivity index (χ1n) is 9.28. The number of nitrogens with zero attached hydrogens (tertiary/aromatic N) is 3. The Morgan fingerprint density at radius 2 is 1.70 bits per heavy atom. The SMILES string of the molecule is Cc1ccc(N2CCN(C(=O)c3ncc(Cc4ccccc4)o3)CC2)cc1. The molecular weight excluding hydrogens is 338 g/mol. The van der Waals surface area contributed by atoms with E-state index in [1.54, 1.807) is 6.20 Å². The molecule has 3 aromatic rings. The Morgan fingerprint density at radius 3 is 2.41 bits per heavy atom. The number of hydrogen-bond donors (Lipinski definition) is 0. The van der Waals surface area contributed by atoms with Crippen molar-refractivity contribution in [3.05, 3.63) is 83.6 Å². The van der Waals surface area contributed by atoms with Crippen LogP contribution in [0.1, 0.15) is 27.6 Å². The molecule has 1 aromatic heterocycles. The number of hydrogen-bond acceptors (Lipinski definition) is 4. The Bertz CT molecular complexity index is 895. The van der Waals surface area contributed by atoms with E-state index in [1.165, 1.54) is 11.3 Å². The number of amides is 1. The van der Waals surface area contributed by atoms with Crippen molar-refractivity contribution in [3.63, 3.8) is 0 Å². The summed E-state index contributed by atoms with van der Waals surface area (Å²) in [6.45, 7) is 5.05. The Hall–Kier alpha value is -3.08. The lowest BCUT2D eigenvalue weighted by Gasteiger charge is -2.35. The predicted octanol–water partition coefficient (Wildman–Crippen LogP) is 3.54. The van der Waals surface area contributed by atoms with Gasteiger partial charge in [0.05, 0.1) is 6.20 Å². The number of aromatic nitrogens is 1. The molecule has 5 nitrogen and oxygen atoms in total. The number of anilines is 1. The minimum atomic E-state index is -0.127. The second kappa shape index (κ2) is 7.66. The van der Waals surface area contributed by atoms with Crippen molar-refractivity contribution in [1.82, 2.24) is 9.88 Å². The summed E-state index contributed by atoms with van der Waals surface area (Å²) in [5.41, 5.74) is 3.59. The highest BCUT2D eigenvalue weighted by atomic mass is 16.4. The van der Waals surface area contributed by atoms with Crippen molar-refractivity contribution >= 4 is 11.6 Å². The molecule has 5 heteroatoms. The van der Waals surface area contributed by atoms with Crippen molar-refractivity contribution in [3.8, 4) is 0 Å². The normalized spacial score (nSPS) is 14.4. The lowest BCUT2D eigenvalue weighted by Crippen LogP contribution is -2.48. The van der Waals surface area contributed by atoms with Crippen molar-refractivity contribution in [2.75, 3.05) is 31.1 Å². The van der Waals surface area contributed by atoms with Crippen LogP contribution in [0.3, 0.4) is 0 Å². The fraction of sp³-hybridized carbons (Fsp3) is 0.273. The average molecular weight is 361 g/mol. The standard InChI is InChI=1S/C22H23N3O2/c1-17-7-9-19(10-8-17)24-11-13-25(14-12-24)22(26)21-23-16-20(27-21)15-18-5-3-2-4-6-18/h2-10,16H,11-15H2,1H3. The fourth-order valence-corrected chi connectivity index (χ4v) is 3.34. The van der Waals surface area contributed by atoms with Crippen molar-refractivity contribution in [1.29, 1.82) is 0 Å². The predicted molar refractivity (Wildman–Crippen MR) is 105 cm³/mol. The molecule has 4 rings (SSSR count). The van der Waals surface area contributed by atoms with E-state index in [9.17, 15) is 4.79 Å². The maximum Gasteiger partial charge on any atom is 0.309 e. The van der Waals surface area contributed by atoms with Gasteiger partial charge in [0.1, 0.15) is 5.76 Å². The van der Waals surface area contributed by atoms with Gasteiger partial charge >= 0.3 is 5.91 Å². The van der Waals surface area contributed by atoms with Gasteiger partial charge in [0, 0.05) is 38.3 Å². The maximum absolute atomic E-state index is 12.7. The van der Waals surface area contributed by atoms with Crippen molar-refractivity contribution in [2.24, 2.45) is 0 Å². The van der Waals surface area contributed by atoms with Crippen LogP contribution in [-0.2, 0) is 6.42 Å². The molecule has 2 aromatic carbocycles. The van der Waals surface area contributed by atoms with Gasteiger partial charge in [-0.15, -0.1) is 0 Å². The molecule has 0 bridgehead atoms. The van der Waals surface area contributed by atoms with Crippen LogP contribution in [0.2, 0.25) is 0 Å². The third-order valence-electron chi connectivity index (χ3n) is 4.92. The maximum atomic E-state index is 12.7. The van der Waals surface area contributed by atoms with Gasteiger partial charge in [-0.2, -0.15) is 0 Å². The topological polar surface area (TPSA) is 49.6 Å². The molecule has 0 spiro atoms. The Balaban J connectivity index is 1.36. The molecule has 0 saturated carbocycles. The van der Waals surface area contributed by atoms with E-state index in [0.717, 1.165) is 18.7 Å². The monoisotopic (exact) mass is 361 g/mol. The van der Waals surface area contributed by atoms with Crippen LogP contribution in [0.15, 0.2) is 65.2 Å². The molecule has 1 fully saturated rings. The van der Waals surface area contributed by atoms with Crippen LogP contribution < -0.4 is 4.90 Å². The van der Waals surface area contributed by atoms with Crippen molar-refractivity contribution < 1.29 is 9.21 Å². The third-order valence-corrected chi connectivity index (χ3v) is 4.92. The van der Waals surface area contributed by atoms with Crippen molar-refractivity contribution in [2.45, 2.75) is 13.3 Å². The van der Waals surface area contributed by atoms with Gasteiger partial charge in [-0.3, -0.25) is 4.79 Å². The summed E-state index contributed by atoms with van der Waals surface area (Å²) in [5.74, 6) is 0.769.